The Morgan fingerprint density at radius 3 is 2.76 bits per heavy atom. The number of para-hydroxylation sites is 1. The molecule has 1 saturated carbocycles. The minimum absolute atomic E-state index is 0.0773. The molecule has 0 spiro atoms. The molecule has 1 aliphatic carbocycles. The van der Waals surface area contributed by atoms with E-state index in [2.05, 4.69) is 16.7 Å². The summed E-state index contributed by atoms with van der Waals surface area (Å²) in [5.41, 5.74) is 2.28. The van der Waals surface area contributed by atoms with Crippen molar-refractivity contribution in [2.75, 3.05) is 18.5 Å². The van der Waals surface area contributed by atoms with Crippen molar-refractivity contribution in [3.05, 3.63) is 29.8 Å². The standard InChI is InChI=1S/C17H24N2O2/c20-11-14-7-2-1-6-13(14)10-18-17(21)16-9-12-5-3-4-8-15(12)19-16/h3-5,8,13-14,16,19-20H,1-2,6-7,9-11H2,(H,18,21)/t13?,14?,16-/m0/s1. The van der Waals surface area contributed by atoms with Crippen molar-refractivity contribution in [1.29, 1.82) is 0 Å². The van der Waals surface area contributed by atoms with E-state index in [9.17, 15) is 9.90 Å². The molecule has 3 rings (SSSR count). The van der Waals surface area contributed by atoms with Crippen LogP contribution >= 0.6 is 0 Å². The SMILES string of the molecule is O=C(NCC1CCCCC1CO)[C@@H]1Cc2ccccc2N1. The summed E-state index contributed by atoms with van der Waals surface area (Å²) in [5, 5.41) is 15.8. The lowest BCUT2D eigenvalue weighted by molar-refractivity contribution is -0.122. The van der Waals surface area contributed by atoms with Crippen LogP contribution in [0.5, 0.6) is 0 Å². The Kier molecular flexibility index (Phi) is 4.44. The van der Waals surface area contributed by atoms with Crippen molar-refractivity contribution in [1.82, 2.24) is 5.32 Å². The first kappa shape index (κ1) is 14.4. The van der Waals surface area contributed by atoms with Gasteiger partial charge in [0.1, 0.15) is 6.04 Å². The molecule has 21 heavy (non-hydrogen) atoms. The highest BCUT2D eigenvalue weighted by atomic mass is 16.3. The Morgan fingerprint density at radius 2 is 2.00 bits per heavy atom. The van der Waals surface area contributed by atoms with Gasteiger partial charge in [-0.1, -0.05) is 31.0 Å². The Hall–Kier alpha value is -1.55. The van der Waals surface area contributed by atoms with Gasteiger partial charge in [-0.05, 0) is 36.3 Å². The molecule has 0 radical (unpaired) electrons. The molecule has 2 unspecified atom stereocenters. The molecule has 1 aliphatic heterocycles. The molecule has 1 fully saturated rings. The average Bonchev–Trinajstić information content (AvgIpc) is 2.97. The van der Waals surface area contributed by atoms with Gasteiger partial charge in [-0.15, -0.1) is 0 Å². The van der Waals surface area contributed by atoms with Gasteiger partial charge in [0.25, 0.3) is 0 Å². The number of amides is 1. The molecule has 0 aromatic heterocycles. The van der Waals surface area contributed by atoms with Gasteiger partial charge in [-0.25, -0.2) is 0 Å². The molecule has 4 heteroatoms. The third kappa shape index (κ3) is 3.21. The second-order valence-corrected chi connectivity index (χ2v) is 6.29. The predicted molar refractivity (Wildman–Crippen MR) is 83.1 cm³/mol. The Labute approximate surface area is 125 Å². The molecule has 1 heterocycles. The van der Waals surface area contributed by atoms with Crippen LogP contribution in [0.1, 0.15) is 31.2 Å². The van der Waals surface area contributed by atoms with Crippen molar-refractivity contribution >= 4 is 11.6 Å². The van der Waals surface area contributed by atoms with Gasteiger partial charge in [0, 0.05) is 25.3 Å². The van der Waals surface area contributed by atoms with E-state index in [1.807, 2.05) is 18.2 Å². The average molecular weight is 288 g/mol. The first-order valence-corrected chi connectivity index (χ1v) is 8.01. The van der Waals surface area contributed by atoms with Crippen LogP contribution in [0.2, 0.25) is 0 Å². The minimum atomic E-state index is -0.154. The Balaban J connectivity index is 1.51. The van der Waals surface area contributed by atoms with E-state index in [1.165, 1.54) is 18.4 Å². The number of carbonyl (C=O) groups excluding carboxylic acids is 1. The van der Waals surface area contributed by atoms with Crippen molar-refractivity contribution in [2.45, 2.75) is 38.1 Å². The normalized spacial score (nSPS) is 27.8. The molecule has 4 nitrogen and oxygen atoms in total. The van der Waals surface area contributed by atoms with Crippen LogP contribution in [-0.4, -0.2) is 30.2 Å². The fourth-order valence-corrected chi connectivity index (χ4v) is 3.60. The summed E-state index contributed by atoms with van der Waals surface area (Å²) in [4.78, 5) is 12.3. The molecule has 114 valence electrons. The maximum Gasteiger partial charge on any atom is 0.242 e. The van der Waals surface area contributed by atoms with Gasteiger partial charge in [0.05, 0.1) is 0 Å². The highest BCUT2D eigenvalue weighted by Crippen LogP contribution is 2.29. The smallest absolute Gasteiger partial charge is 0.242 e. The number of rotatable bonds is 4. The fraction of sp³-hybridized carbons (Fsp3) is 0.588. The largest absolute Gasteiger partial charge is 0.396 e. The second-order valence-electron chi connectivity index (χ2n) is 6.29. The van der Waals surface area contributed by atoms with Crippen LogP contribution in [0.15, 0.2) is 24.3 Å². The number of hydrogen-bond acceptors (Lipinski definition) is 3. The fourth-order valence-electron chi connectivity index (χ4n) is 3.60. The minimum Gasteiger partial charge on any atom is -0.396 e. The molecular formula is C17H24N2O2. The monoisotopic (exact) mass is 288 g/mol. The first-order valence-electron chi connectivity index (χ1n) is 8.01. The van der Waals surface area contributed by atoms with Crippen LogP contribution in [0.4, 0.5) is 5.69 Å². The van der Waals surface area contributed by atoms with Crippen LogP contribution < -0.4 is 10.6 Å². The van der Waals surface area contributed by atoms with E-state index in [4.69, 9.17) is 0 Å². The number of anilines is 1. The lowest BCUT2D eigenvalue weighted by atomic mass is 9.79. The summed E-state index contributed by atoms with van der Waals surface area (Å²) in [6, 6.07) is 7.93. The van der Waals surface area contributed by atoms with Crippen LogP contribution in [0.3, 0.4) is 0 Å². The molecule has 2 aliphatic rings. The van der Waals surface area contributed by atoms with Crippen LogP contribution in [0, 0.1) is 11.8 Å². The third-order valence-electron chi connectivity index (χ3n) is 4.93. The highest BCUT2D eigenvalue weighted by Gasteiger charge is 2.28. The molecule has 0 saturated heterocycles. The zero-order valence-electron chi connectivity index (χ0n) is 12.3. The number of benzene rings is 1. The maximum absolute atomic E-state index is 12.3. The van der Waals surface area contributed by atoms with E-state index >= 15 is 0 Å². The maximum atomic E-state index is 12.3. The Morgan fingerprint density at radius 1 is 1.24 bits per heavy atom. The summed E-state index contributed by atoms with van der Waals surface area (Å²) in [7, 11) is 0. The molecular weight excluding hydrogens is 264 g/mol. The zero-order chi connectivity index (χ0) is 14.7. The van der Waals surface area contributed by atoms with Crippen molar-refractivity contribution < 1.29 is 9.90 Å². The summed E-state index contributed by atoms with van der Waals surface area (Å²) in [5.74, 6) is 0.859. The second kappa shape index (κ2) is 6.48. The molecule has 1 aromatic carbocycles. The van der Waals surface area contributed by atoms with E-state index in [0.29, 0.717) is 18.4 Å². The molecule has 1 amide bonds. The molecule has 0 bridgehead atoms. The van der Waals surface area contributed by atoms with E-state index < -0.39 is 0 Å². The number of aliphatic hydroxyl groups excluding tert-OH is 1. The van der Waals surface area contributed by atoms with Crippen molar-refractivity contribution in [3.63, 3.8) is 0 Å². The van der Waals surface area contributed by atoms with Gasteiger partial charge in [0.2, 0.25) is 5.91 Å². The highest BCUT2D eigenvalue weighted by molar-refractivity contribution is 5.87. The van der Waals surface area contributed by atoms with Gasteiger partial charge in [0.15, 0.2) is 0 Å². The Bertz CT molecular complexity index is 478. The van der Waals surface area contributed by atoms with Gasteiger partial charge in [-0.2, -0.15) is 0 Å². The number of hydrogen-bond donors (Lipinski definition) is 3. The number of aliphatic hydroxyl groups is 1. The number of carbonyl (C=O) groups is 1. The number of nitrogens with one attached hydrogen (secondary N) is 2. The van der Waals surface area contributed by atoms with E-state index in [0.717, 1.165) is 24.9 Å². The quantitative estimate of drug-likeness (QED) is 0.793. The predicted octanol–water partition coefficient (Wildman–Crippen LogP) is 1.94. The lowest BCUT2D eigenvalue weighted by Crippen LogP contribution is -2.42. The van der Waals surface area contributed by atoms with Crippen LogP contribution in [0.25, 0.3) is 0 Å². The van der Waals surface area contributed by atoms with Crippen molar-refractivity contribution in [2.24, 2.45) is 11.8 Å². The molecule has 3 atom stereocenters. The van der Waals surface area contributed by atoms with E-state index in [1.54, 1.807) is 0 Å². The third-order valence-corrected chi connectivity index (χ3v) is 4.93. The first-order chi connectivity index (χ1) is 10.3. The topological polar surface area (TPSA) is 61.4 Å². The summed E-state index contributed by atoms with van der Waals surface area (Å²) in [6.07, 6.45) is 5.38. The van der Waals surface area contributed by atoms with E-state index in [-0.39, 0.29) is 18.6 Å². The molecule has 3 N–H and O–H groups in total. The summed E-state index contributed by atoms with van der Waals surface area (Å²) < 4.78 is 0. The van der Waals surface area contributed by atoms with Crippen LogP contribution in [-0.2, 0) is 11.2 Å². The summed E-state index contributed by atoms with van der Waals surface area (Å²) in [6.45, 7) is 0.937. The molecule has 1 aromatic rings. The lowest BCUT2D eigenvalue weighted by Gasteiger charge is -2.30. The van der Waals surface area contributed by atoms with Gasteiger partial charge in [-0.3, -0.25) is 4.79 Å². The summed E-state index contributed by atoms with van der Waals surface area (Å²) >= 11 is 0. The van der Waals surface area contributed by atoms with Gasteiger partial charge >= 0.3 is 0 Å². The van der Waals surface area contributed by atoms with Crippen molar-refractivity contribution in [3.8, 4) is 0 Å². The number of fused-ring (bicyclic) bond motifs is 1. The van der Waals surface area contributed by atoms with Gasteiger partial charge < -0.3 is 15.7 Å². The zero-order valence-corrected chi connectivity index (χ0v) is 12.3.